The van der Waals surface area contributed by atoms with Crippen LogP contribution in [0.25, 0.3) is 0 Å². The van der Waals surface area contributed by atoms with Gasteiger partial charge in [-0.05, 0) is 37.3 Å². The van der Waals surface area contributed by atoms with Crippen LogP contribution in [0.4, 0.5) is 5.69 Å². The maximum absolute atomic E-state index is 12.1. The fraction of sp³-hybridized carbons (Fsp3) is 0.133. The van der Waals surface area contributed by atoms with Crippen molar-refractivity contribution in [3.63, 3.8) is 0 Å². The molecule has 106 valence electrons. The summed E-state index contributed by atoms with van der Waals surface area (Å²) >= 11 is 6.02. The molecule has 5 nitrogen and oxygen atoms in total. The zero-order valence-corrected chi connectivity index (χ0v) is 12.0. The van der Waals surface area contributed by atoms with Gasteiger partial charge in [-0.2, -0.15) is 5.26 Å². The first-order valence-electron chi connectivity index (χ1n) is 6.13. The minimum atomic E-state index is -0.335. The average Bonchev–Trinajstić information content (AvgIpc) is 2.46. The van der Waals surface area contributed by atoms with Gasteiger partial charge < -0.3 is 10.1 Å². The van der Waals surface area contributed by atoms with Crippen LogP contribution in [0.3, 0.4) is 0 Å². The number of carbonyl (C=O) groups is 1. The lowest BCUT2D eigenvalue weighted by atomic mass is 10.2. The monoisotopic (exact) mass is 301 g/mol. The molecular formula is C15H12ClN3O2. The maximum atomic E-state index is 12.1. The highest BCUT2D eigenvalue weighted by atomic mass is 35.5. The van der Waals surface area contributed by atoms with E-state index in [-0.39, 0.29) is 12.5 Å². The maximum Gasteiger partial charge on any atom is 0.258 e. The average molecular weight is 302 g/mol. The van der Waals surface area contributed by atoms with E-state index in [1.165, 1.54) is 6.20 Å². The van der Waals surface area contributed by atoms with E-state index in [1.807, 2.05) is 6.07 Å². The summed E-state index contributed by atoms with van der Waals surface area (Å²) in [5.41, 5.74) is 1.66. The van der Waals surface area contributed by atoms with Crippen LogP contribution in [0.1, 0.15) is 16.1 Å². The second-order valence-corrected chi connectivity index (χ2v) is 4.64. The number of nitriles is 1. The van der Waals surface area contributed by atoms with Gasteiger partial charge >= 0.3 is 0 Å². The van der Waals surface area contributed by atoms with Crippen molar-refractivity contribution in [2.45, 2.75) is 6.92 Å². The van der Waals surface area contributed by atoms with Crippen molar-refractivity contribution in [1.82, 2.24) is 4.98 Å². The van der Waals surface area contributed by atoms with Gasteiger partial charge in [0, 0.05) is 17.6 Å². The van der Waals surface area contributed by atoms with Crippen LogP contribution in [0.5, 0.6) is 5.75 Å². The number of aryl methyl sites for hydroxylation is 1. The minimum Gasteiger partial charge on any atom is -0.479 e. The summed E-state index contributed by atoms with van der Waals surface area (Å²) in [6.45, 7) is 1.78. The Morgan fingerprint density at radius 2 is 2.14 bits per heavy atom. The summed E-state index contributed by atoms with van der Waals surface area (Å²) in [6.07, 6.45) is 1.44. The fourth-order valence-electron chi connectivity index (χ4n) is 1.64. The molecule has 0 aliphatic rings. The lowest BCUT2D eigenvalue weighted by Crippen LogP contribution is -2.13. The van der Waals surface area contributed by atoms with Crippen molar-refractivity contribution >= 4 is 23.2 Å². The minimum absolute atomic E-state index is 0.0175. The molecule has 1 amide bonds. The van der Waals surface area contributed by atoms with E-state index in [0.717, 1.165) is 5.69 Å². The van der Waals surface area contributed by atoms with Gasteiger partial charge in [-0.1, -0.05) is 11.6 Å². The molecule has 0 spiro atoms. The molecule has 2 aromatic rings. The number of nitrogens with one attached hydrogen (secondary N) is 1. The van der Waals surface area contributed by atoms with Crippen molar-refractivity contribution in [3.8, 4) is 11.8 Å². The normalized spacial score (nSPS) is 9.76. The lowest BCUT2D eigenvalue weighted by Gasteiger charge is -2.08. The van der Waals surface area contributed by atoms with Gasteiger partial charge in [0.1, 0.15) is 11.8 Å². The Morgan fingerprint density at radius 1 is 1.43 bits per heavy atom. The van der Waals surface area contributed by atoms with Crippen LogP contribution in [0, 0.1) is 18.3 Å². The molecule has 1 heterocycles. The largest absolute Gasteiger partial charge is 0.479 e. The summed E-state index contributed by atoms with van der Waals surface area (Å²) in [5, 5.41) is 11.5. The summed E-state index contributed by atoms with van der Waals surface area (Å²) < 4.78 is 5.13. The van der Waals surface area contributed by atoms with Crippen LogP contribution in [0.15, 0.2) is 36.5 Å². The number of amides is 1. The first-order valence-corrected chi connectivity index (χ1v) is 6.51. The van der Waals surface area contributed by atoms with E-state index in [0.29, 0.717) is 22.0 Å². The van der Waals surface area contributed by atoms with Crippen molar-refractivity contribution < 1.29 is 9.53 Å². The molecule has 2 rings (SSSR count). The Bertz CT molecular complexity index is 693. The third kappa shape index (κ3) is 3.94. The first kappa shape index (κ1) is 14.8. The number of hydrogen-bond donors (Lipinski definition) is 1. The SMILES string of the molecule is Cc1cc(Cl)c(C(=O)Nc2ccc(OCC#N)cc2)cn1. The molecule has 0 fully saturated rings. The predicted octanol–water partition coefficient (Wildman–Crippen LogP) is 3.20. The molecule has 0 saturated carbocycles. The third-order valence-electron chi connectivity index (χ3n) is 2.65. The second kappa shape index (κ2) is 6.73. The van der Waals surface area contributed by atoms with Crippen LogP contribution in [0.2, 0.25) is 5.02 Å². The van der Waals surface area contributed by atoms with E-state index in [1.54, 1.807) is 37.3 Å². The molecule has 0 aliphatic heterocycles. The predicted molar refractivity (Wildman–Crippen MR) is 79.5 cm³/mol. The zero-order chi connectivity index (χ0) is 15.2. The Balaban J connectivity index is 2.07. The standard InChI is InChI=1S/C15H12ClN3O2/c1-10-8-14(16)13(9-18-10)15(20)19-11-2-4-12(5-3-11)21-7-6-17/h2-5,8-9H,7H2,1H3,(H,19,20). The first-order chi connectivity index (χ1) is 10.1. The van der Waals surface area contributed by atoms with Crippen LogP contribution in [-0.4, -0.2) is 17.5 Å². The number of ether oxygens (including phenoxy) is 1. The molecule has 0 aliphatic carbocycles. The van der Waals surface area contributed by atoms with Gasteiger partial charge in [0.15, 0.2) is 6.61 Å². The molecule has 1 aromatic heterocycles. The summed E-state index contributed by atoms with van der Waals surface area (Å²) in [7, 11) is 0. The van der Waals surface area contributed by atoms with E-state index >= 15 is 0 Å². The van der Waals surface area contributed by atoms with Gasteiger partial charge in [0.25, 0.3) is 5.91 Å². The molecule has 6 heteroatoms. The fourth-order valence-corrected chi connectivity index (χ4v) is 1.93. The lowest BCUT2D eigenvalue weighted by molar-refractivity contribution is 0.102. The number of nitrogens with zero attached hydrogens (tertiary/aromatic N) is 2. The van der Waals surface area contributed by atoms with Crippen molar-refractivity contribution in [3.05, 3.63) is 52.8 Å². The highest BCUT2D eigenvalue weighted by Gasteiger charge is 2.11. The smallest absolute Gasteiger partial charge is 0.258 e. The molecule has 1 aromatic carbocycles. The van der Waals surface area contributed by atoms with Crippen molar-refractivity contribution in [2.75, 3.05) is 11.9 Å². The van der Waals surface area contributed by atoms with E-state index in [9.17, 15) is 4.79 Å². The molecule has 1 N–H and O–H groups in total. The molecule has 0 atom stereocenters. The van der Waals surface area contributed by atoms with E-state index in [2.05, 4.69) is 10.3 Å². The Morgan fingerprint density at radius 3 is 2.76 bits per heavy atom. The molecule has 0 unspecified atom stereocenters. The van der Waals surface area contributed by atoms with Gasteiger partial charge in [-0.3, -0.25) is 9.78 Å². The topological polar surface area (TPSA) is 75.0 Å². The molecular weight excluding hydrogens is 290 g/mol. The second-order valence-electron chi connectivity index (χ2n) is 4.23. The molecule has 0 saturated heterocycles. The number of rotatable bonds is 4. The molecule has 0 radical (unpaired) electrons. The zero-order valence-electron chi connectivity index (χ0n) is 11.3. The van der Waals surface area contributed by atoms with Crippen LogP contribution in [-0.2, 0) is 0 Å². The number of benzene rings is 1. The van der Waals surface area contributed by atoms with Gasteiger partial charge in [-0.25, -0.2) is 0 Å². The number of pyridine rings is 1. The number of hydrogen-bond acceptors (Lipinski definition) is 4. The summed E-state index contributed by atoms with van der Waals surface area (Å²) in [5.74, 6) is 0.225. The third-order valence-corrected chi connectivity index (χ3v) is 2.96. The number of aromatic nitrogens is 1. The molecule has 21 heavy (non-hydrogen) atoms. The van der Waals surface area contributed by atoms with Gasteiger partial charge in [0.05, 0.1) is 10.6 Å². The van der Waals surface area contributed by atoms with E-state index in [4.69, 9.17) is 21.6 Å². The number of carbonyl (C=O) groups excluding carboxylic acids is 1. The Hall–Kier alpha value is -2.58. The van der Waals surface area contributed by atoms with E-state index < -0.39 is 0 Å². The van der Waals surface area contributed by atoms with Crippen LogP contribution >= 0.6 is 11.6 Å². The highest BCUT2D eigenvalue weighted by Crippen LogP contribution is 2.19. The van der Waals surface area contributed by atoms with Crippen LogP contribution < -0.4 is 10.1 Å². The number of anilines is 1. The van der Waals surface area contributed by atoms with Crippen molar-refractivity contribution in [1.29, 1.82) is 5.26 Å². The highest BCUT2D eigenvalue weighted by molar-refractivity contribution is 6.34. The quantitative estimate of drug-likeness (QED) is 0.941. The summed E-state index contributed by atoms with van der Waals surface area (Å²) in [4.78, 5) is 16.1. The van der Waals surface area contributed by atoms with Gasteiger partial charge in [-0.15, -0.1) is 0 Å². The van der Waals surface area contributed by atoms with Crippen molar-refractivity contribution in [2.24, 2.45) is 0 Å². The Kier molecular flexibility index (Phi) is 4.75. The van der Waals surface area contributed by atoms with Gasteiger partial charge in [0.2, 0.25) is 0 Å². The molecule has 0 bridgehead atoms. The number of halogens is 1. The summed E-state index contributed by atoms with van der Waals surface area (Å²) in [6, 6.07) is 10.2. The Labute approximate surface area is 127 Å².